The van der Waals surface area contributed by atoms with Crippen LogP contribution < -0.4 is 9.47 Å². The van der Waals surface area contributed by atoms with Gasteiger partial charge < -0.3 is 9.47 Å². The van der Waals surface area contributed by atoms with E-state index in [0.29, 0.717) is 35.2 Å². The van der Waals surface area contributed by atoms with Gasteiger partial charge in [0.15, 0.2) is 11.5 Å². The monoisotopic (exact) mass is 583 g/mol. The number of H-pyrrole nitrogens is 1. The van der Waals surface area contributed by atoms with Gasteiger partial charge >= 0.3 is 12.4 Å². The van der Waals surface area contributed by atoms with E-state index in [1.807, 2.05) is 5.10 Å². The summed E-state index contributed by atoms with van der Waals surface area (Å²) < 4.78 is 91.6. The summed E-state index contributed by atoms with van der Waals surface area (Å²) >= 11 is 1.41. The van der Waals surface area contributed by atoms with Crippen molar-refractivity contribution in [3.8, 4) is 44.7 Å². The van der Waals surface area contributed by atoms with Crippen molar-refractivity contribution in [2.75, 3.05) is 13.2 Å². The third-order valence-corrected chi connectivity index (χ3v) is 7.39. The first kappa shape index (κ1) is 27.9. The number of fused-ring (bicyclic) bond motifs is 1. The number of pyridine rings is 1. The van der Waals surface area contributed by atoms with Crippen LogP contribution in [0.15, 0.2) is 30.5 Å². The Balaban J connectivity index is 1.64. The molecule has 0 radical (unpaired) electrons. The molecule has 0 atom stereocenters. The maximum atomic E-state index is 13.3. The molecule has 0 unspecified atom stereocenters. The Hall–Kier alpha value is -3.68. The lowest BCUT2D eigenvalue weighted by Gasteiger charge is -2.17. The Morgan fingerprint density at radius 2 is 1.57 bits per heavy atom. The molecule has 0 spiro atoms. The lowest BCUT2D eigenvalue weighted by Crippen LogP contribution is -2.15. The molecule has 40 heavy (non-hydrogen) atoms. The van der Waals surface area contributed by atoms with Crippen molar-refractivity contribution in [2.45, 2.75) is 51.4 Å². The molecule has 5 heterocycles. The van der Waals surface area contributed by atoms with Gasteiger partial charge in [0.05, 0.1) is 26.8 Å². The molecular weight excluding hydrogens is 560 g/mol. The number of ether oxygens (including phenoxy) is 2. The highest BCUT2D eigenvalue weighted by Gasteiger charge is 2.35. The topological polar surface area (TPSA) is 85.8 Å². The van der Waals surface area contributed by atoms with Crippen LogP contribution >= 0.6 is 11.3 Å². The number of aromatic amines is 1. The van der Waals surface area contributed by atoms with Gasteiger partial charge in [0, 0.05) is 6.20 Å². The maximum Gasteiger partial charge on any atom is 0.451 e. The SMILES string of the molecule is CCCCCCc1sc(-c2cc(-c3cc(C(F)(F)F)[nH]n3)nc(-c3ccnc(C(F)(F)F)n3)c2)c2c1OCCO2. The zero-order valence-electron chi connectivity index (χ0n) is 21.1. The lowest BCUT2D eigenvalue weighted by atomic mass is 10.1. The predicted molar refractivity (Wildman–Crippen MR) is 135 cm³/mol. The van der Waals surface area contributed by atoms with Gasteiger partial charge in [0.25, 0.3) is 0 Å². The van der Waals surface area contributed by atoms with E-state index in [1.165, 1.54) is 29.5 Å². The maximum absolute atomic E-state index is 13.3. The average Bonchev–Trinajstić information content (AvgIpc) is 3.57. The molecule has 0 saturated heterocycles. The third-order valence-electron chi connectivity index (χ3n) is 6.13. The zero-order chi connectivity index (χ0) is 28.5. The summed E-state index contributed by atoms with van der Waals surface area (Å²) in [5.74, 6) is -0.262. The standard InChI is InChI=1S/C26H23F6N5O2S/c1-2-3-4-5-6-19-21-22(39-10-9-38-21)23(40-19)14-11-16(15-7-8-33-24(35-15)26(30,31)32)34-17(12-14)18-13-20(37-36-18)25(27,28)29/h7-8,11-13H,2-6,9-10H2,1H3,(H,36,37). The van der Waals surface area contributed by atoms with Gasteiger partial charge in [-0.2, -0.15) is 31.4 Å². The molecule has 14 heteroatoms. The van der Waals surface area contributed by atoms with Crippen molar-refractivity contribution in [1.29, 1.82) is 0 Å². The predicted octanol–water partition coefficient (Wildman–Crippen LogP) is 7.59. The summed E-state index contributed by atoms with van der Waals surface area (Å²) in [6.45, 7) is 2.78. The molecule has 7 nitrogen and oxygen atoms in total. The van der Waals surface area contributed by atoms with Crippen LogP contribution in [0.25, 0.3) is 33.2 Å². The highest BCUT2D eigenvalue weighted by Crippen LogP contribution is 2.50. The summed E-state index contributed by atoms with van der Waals surface area (Å²) in [7, 11) is 0. The molecule has 0 fully saturated rings. The van der Waals surface area contributed by atoms with Gasteiger partial charge in [-0.05, 0) is 42.7 Å². The van der Waals surface area contributed by atoms with E-state index >= 15 is 0 Å². The first-order valence-corrected chi connectivity index (χ1v) is 13.3. The summed E-state index contributed by atoms with van der Waals surface area (Å²) in [4.78, 5) is 12.8. The van der Waals surface area contributed by atoms with Gasteiger partial charge in [0.1, 0.15) is 24.6 Å². The summed E-state index contributed by atoms with van der Waals surface area (Å²) in [6, 6.07) is 5.09. The number of nitrogens with one attached hydrogen (secondary N) is 1. The Morgan fingerprint density at radius 3 is 2.25 bits per heavy atom. The Bertz CT molecular complexity index is 1500. The molecule has 4 aromatic heterocycles. The first-order chi connectivity index (χ1) is 19.0. The van der Waals surface area contributed by atoms with Crippen LogP contribution in [0.4, 0.5) is 26.3 Å². The van der Waals surface area contributed by atoms with Crippen LogP contribution in [0.2, 0.25) is 0 Å². The molecule has 0 bridgehead atoms. The minimum absolute atomic E-state index is 0.000308. The summed E-state index contributed by atoms with van der Waals surface area (Å²) in [5, 5.41) is 5.70. The number of thiophene rings is 1. The van der Waals surface area contributed by atoms with Crippen LogP contribution in [0, 0.1) is 0 Å². The Kier molecular flexibility index (Phi) is 7.71. The van der Waals surface area contributed by atoms with Gasteiger partial charge in [-0.25, -0.2) is 15.0 Å². The van der Waals surface area contributed by atoms with Gasteiger partial charge in [-0.3, -0.25) is 5.10 Å². The lowest BCUT2D eigenvalue weighted by molar-refractivity contribution is -0.145. The number of aryl methyl sites for hydroxylation is 1. The highest BCUT2D eigenvalue weighted by atomic mass is 32.1. The fraction of sp³-hybridized carbons (Fsp3) is 0.385. The molecule has 212 valence electrons. The quantitative estimate of drug-likeness (QED) is 0.170. The van der Waals surface area contributed by atoms with E-state index in [2.05, 4.69) is 27.0 Å². The van der Waals surface area contributed by atoms with Crippen molar-refractivity contribution in [3.05, 3.63) is 46.9 Å². The van der Waals surface area contributed by atoms with E-state index in [1.54, 1.807) is 0 Å². The van der Waals surface area contributed by atoms with Gasteiger partial charge in [-0.1, -0.05) is 26.2 Å². The normalized spacial score (nSPS) is 13.6. The summed E-state index contributed by atoms with van der Waals surface area (Å²) in [6.07, 6.45) is -3.63. The van der Waals surface area contributed by atoms with Crippen molar-refractivity contribution < 1.29 is 35.8 Å². The average molecular weight is 584 g/mol. The number of unbranched alkanes of at least 4 members (excludes halogenated alkanes) is 3. The van der Waals surface area contributed by atoms with E-state index in [-0.39, 0.29) is 22.8 Å². The van der Waals surface area contributed by atoms with Crippen LogP contribution in [0.1, 0.15) is 49.0 Å². The number of halogens is 6. The number of hydrogen-bond donors (Lipinski definition) is 1. The molecule has 1 aliphatic heterocycles. The second-order valence-electron chi connectivity index (χ2n) is 9.07. The minimum Gasteiger partial charge on any atom is -0.485 e. The minimum atomic E-state index is -4.80. The molecule has 5 rings (SSSR count). The van der Waals surface area contributed by atoms with E-state index in [0.717, 1.165) is 49.2 Å². The fourth-order valence-corrected chi connectivity index (χ4v) is 5.45. The third kappa shape index (κ3) is 5.91. The number of hydrogen-bond acceptors (Lipinski definition) is 7. The Morgan fingerprint density at radius 1 is 0.850 bits per heavy atom. The second-order valence-corrected chi connectivity index (χ2v) is 10.2. The van der Waals surface area contributed by atoms with E-state index in [9.17, 15) is 26.3 Å². The van der Waals surface area contributed by atoms with Crippen molar-refractivity contribution in [3.63, 3.8) is 0 Å². The smallest absolute Gasteiger partial charge is 0.451 e. The van der Waals surface area contributed by atoms with E-state index in [4.69, 9.17) is 9.47 Å². The van der Waals surface area contributed by atoms with Crippen LogP contribution in [-0.2, 0) is 18.8 Å². The molecule has 1 N–H and O–H groups in total. The van der Waals surface area contributed by atoms with Crippen molar-refractivity contribution >= 4 is 11.3 Å². The van der Waals surface area contributed by atoms with Gasteiger partial charge in [0.2, 0.25) is 5.82 Å². The number of rotatable bonds is 8. The molecule has 1 aliphatic rings. The number of nitrogens with zero attached hydrogens (tertiary/aromatic N) is 4. The van der Waals surface area contributed by atoms with E-state index < -0.39 is 23.9 Å². The molecule has 0 amide bonds. The fourth-order valence-electron chi connectivity index (χ4n) is 4.24. The number of aromatic nitrogens is 5. The van der Waals surface area contributed by atoms with Crippen molar-refractivity contribution in [1.82, 2.24) is 25.1 Å². The number of alkyl halides is 6. The largest absolute Gasteiger partial charge is 0.485 e. The molecule has 0 saturated carbocycles. The summed E-state index contributed by atoms with van der Waals surface area (Å²) in [5.41, 5.74) is -0.898. The van der Waals surface area contributed by atoms with Crippen molar-refractivity contribution in [2.24, 2.45) is 0 Å². The van der Waals surface area contributed by atoms with Gasteiger partial charge in [-0.15, -0.1) is 11.3 Å². The zero-order valence-corrected chi connectivity index (χ0v) is 21.9. The molecule has 0 aromatic carbocycles. The van der Waals surface area contributed by atoms with Crippen LogP contribution in [-0.4, -0.2) is 38.4 Å². The first-order valence-electron chi connectivity index (χ1n) is 12.5. The molecular formula is C26H23F6N5O2S. The molecule has 0 aliphatic carbocycles. The van der Waals surface area contributed by atoms with Crippen LogP contribution in [0.3, 0.4) is 0 Å². The highest BCUT2D eigenvalue weighted by molar-refractivity contribution is 7.16. The van der Waals surface area contributed by atoms with Crippen LogP contribution in [0.5, 0.6) is 11.5 Å². The molecule has 4 aromatic rings. The Labute approximate surface area is 228 Å². The second kappa shape index (κ2) is 11.1.